The van der Waals surface area contributed by atoms with Gasteiger partial charge >= 0.3 is 5.97 Å². The summed E-state index contributed by atoms with van der Waals surface area (Å²) in [4.78, 5) is 10.6. The predicted molar refractivity (Wildman–Crippen MR) is 147 cm³/mol. The van der Waals surface area contributed by atoms with Crippen LogP contribution in [-0.2, 0) is 10.0 Å². The molecule has 0 aliphatic heterocycles. The van der Waals surface area contributed by atoms with Gasteiger partial charge in [0.15, 0.2) is 5.82 Å². The van der Waals surface area contributed by atoms with Crippen LogP contribution in [0.5, 0.6) is 5.75 Å². The van der Waals surface area contributed by atoms with Crippen LogP contribution in [0, 0.1) is 23.0 Å². The van der Waals surface area contributed by atoms with Gasteiger partial charge in [-0.05, 0) is 66.2 Å². The minimum atomic E-state index is -4.52. The molecule has 0 spiro atoms. The van der Waals surface area contributed by atoms with Gasteiger partial charge in [0.05, 0.1) is 18.4 Å². The van der Waals surface area contributed by atoms with E-state index in [1.807, 2.05) is 12.1 Å². The van der Waals surface area contributed by atoms with Crippen molar-refractivity contribution < 1.29 is 31.8 Å². The second-order valence-electron chi connectivity index (χ2n) is 11.1. The fourth-order valence-electron chi connectivity index (χ4n) is 5.33. The molecular formula is C30H33F2NO5S. The lowest BCUT2D eigenvalue weighted by atomic mass is 9.68. The Bertz CT molecular complexity index is 1470. The van der Waals surface area contributed by atoms with Crippen LogP contribution in [0.2, 0.25) is 0 Å². The van der Waals surface area contributed by atoms with Gasteiger partial charge in [0.1, 0.15) is 16.5 Å². The zero-order valence-corrected chi connectivity index (χ0v) is 23.2. The molecule has 0 atom stereocenters. The average molecular weight is 558 g/mol. The van der Waals surface area contributed by atoms with Crippen molar-refractivity contribution in [1.82, 2.24) is 0 Å². The smallest absolute Gasteiger partial charge is 0.338 e. The third-order valence-corrected chi connectivity index (χ3v) is 9.04. The molecule has 2 N–H and O–H groups in total. The lowest BCUT2D eigenvalue weighted by molar-refractivity contribution is 0.0691. The van der Waals surface area contributed by atoms with E-state index in [1.54, 1.807) is 12.1 Å². The monoisotopic (exact) mass is 557 g/mol. The van der Waals surface area contributed by atoms with E-state index in [4.69, 9.17) is 9.84 Å². The number of sulfonamides is 1. The highest BCUT2D eigenvalue weighted by Gasteiger charge is 2.30. The first-order valence-electron chi connectivity index (χ1n) is 12.8. The summed E-state index contributed by atoms with van der Waals surface area (Å²) in [6.07, 6.45) is 4.55. The highest BCUT2D eigenvalue weighted by Crippen LogP contribution is 2.43. The Morgan fingerprint density at radius 3 is 2.21 bits per heavy atom. The van der Waals surface area contributed by atoms with Gasteiger partial charge in [0, 0.05) is 11.6 Å². The first-order chi connectivity index (χ1) is 18.3. The van der Waals surface area contributed by atoms with Crippen molar-refractivity contribution in [2.24, 2.45) is 11.3 Å². The van der Waals surface area contributed by atoms with E-state index in [9.17, 15) is 17.6 Å². The first kappa shape index (κ1) is 28.5. The maximum atomic E-state index is 15.6. The number of benzene rings is 3. The lowest BCUT2D eigenvalue weighted by Gasteiger charge is -2.37. The Hall–Kier alpha value is -3.46. The van der Waals surface area contributed by atoms with E-state index in [-0.39, 0.29) is 17.0 Å². The molecule has 0 unspecified atom stereocenters. The number of anilines is 1. The van der Waals surface area contributed by atoms with E-state index >= 15 is 4.39 Å². The van der Waals surface area contributed by atoms with Gasteiger partial charge in [-0.3, -0.25) is 4.72 Å². The zero-order chi connectivity index (χ0) is 28.5. The lowest BCUT2D eigenvalue weighted by Crippen LogP contribution is -2.25. The van der Waals surface area contributed by atoms with Crippen LogP contribution >= 0.6 is 0 Å². The zero-order valence-electron chi connectivity index (χ0n) is 22.4. The normalized spacial score (nSPS) is 18.0. The summed E-state index contributed by atoms with van der Waals surface area (Å²) in [5.41, 5.74) is 1.10. The van der Waals surface area contributed by atoms with Gasteiger partial charge in [-0.2, -0.15) is 0 Å². The molecule has 208 valence electrons. The number of nitrogens with one attached hydrogen (secondary N) is 1. The van der Waals surface area contributed by atoms with Gasteiger partial charge in [-0.1, -0.05) is 57.2 Å². The Morgan fingerprint density at radius 1 is 1.00 bits per heavy atom. The van der Waals surface area contributed by atoms with Crippen molar-refractivity contribution in [3.8, 4) is 16.9 Å². The van der Waals surface area contributed by atoms with E-state index in [0.29, 0.717) is 28.9 Å². The Balaban J connectivity index is 1.58. The van der Waals surface area contributed by atoms with Crippen LogP contribution in [0.25, 0.3) is 11.1 Å². The van der Waals surface area contributed by atoms with Gasteiger partial charge in [0.25, 0.3) is 10.0 Å². The standard InChI is InChI=1S/C30H33F2NO5S/c1-30(2,3)21-14-12-19(13-15-21)18-8-10-20(11-9-18)22-6-5-7-27(28(22)32)39(36,37)33-25-17-24(31)23(29(34)35)16-26(25)38-4/h5-11,16-17,19,21,33H,12-15H2,1-4H3,(H,34,35)/t19-,21+. The molecule has 0 heterocycles. The summed E-state index contributed by atoms with van der Waals surface area (Å²) in [5, 5.41) is 9.11. The number of halogens is 2. The summed E-state index contributed by atoms with van der Waals surface area (Å²) in [7, 11) is -3.34. The molecule has 0 amide bonds. The third-order valence-electron chi connectivity index (χ3n) is 7.66. The highest BCUT2D eigenvalue weighted by molar-refractivity contribution is 7.92. The largest absolute Gasteiger partial charge is 0.495 e. The third kappa shape index (κ3) is 6.08. The summed E-state index contributed by atoms with van der Waals surface area (Å²) < 4.78 is 63.2. The summed E-state index contributed by atoms with van der Waals surface area (Å²) in [6.45, 7) is 6.86. The fraction of sp³-hybridized carbons (Fsp3) is 0.367. The molecule has 0 saturated heterocycles. The first-order valence-corrected chi connectivity index (χ1v) is 14.3. The number of carboxylic acid groups (broad SMARTS) is 1. The van der Waals surface area contributed by atoms with Gasteiger partial charge in [0.2, 0.25) is 0 Å². The van der Waals surface area contributed by atoms with Crippen LogP contribution in [0.4, 0.5) is 14.5 Å². The molecule has 1 aliphatic rings. The molecule has 1 fully saturated rings. The summed E-state index contributed by atoms with van der Waals surface area (Å²) in [6, 6.07) is 13.2. The topological polar surface area (TPSA) is 92.7 Å². The second kappa shape index (κ2) is 11.0. The second-order valence-corrected chi connectivity index (χ2v) is 12.7. The SMILES string of the molecule is COc1cc(C(=O)O)c(F)cc1NS(=O)(=O)c1cccc(-c2ccc([C@H]3CC[C@@H](C(C)(C)C)CC3)cc2)c1F. The van der Waals surface area contributed by atoms with Gasteiger partial charge in [-0.15, -0.1) is 0 Å². The van der Waals surface area contributed by atoms with Crippen LogP contribution in [-0.4, -0.2) is 26.6 Å². The van der Waals surface area contributed by atoms with Crippen LogP contribution < -0.4 is 9.46 Å². The maximum absolute atomic E-state index is 15.6. The van der Waals surface area contributed by atoms with Crippen molar-refractivity contribution in [2.75, 3.05) is 11.8 Å². The molecule has 39 heavy (non-hydrogen) atoms. The number of aromatic carboxylic acids is 1. The number of ether oxygens (including phenoxy) is 1. The maximum Gasteiger partial charge on any atom is 0.338 e. The molecule has 3 aromatic rings. The molecule has 1 aliphatic carbocycles. The molecule has 9 heteroatoms. The molecular weight excluding hydrogens is 524 g/mol. The number of carbonyl (C=O) groups is 1. The minimum Gasteiger partial charge on any atom is -0.495 e. The van der Waals surface area contributed by atoms with Crippen LogP contribution in [0.1, 0.15) is 68.3 Å². The molecule has 6 nitrogen and oxygen atoms in total. The van der Waals surface area contributed by atoms with Crippen molar-refractivity contribution in [3.05, 3.63) is 77.4 Å². The van der Waals surface area contributed by atoms with Gasteiger partial charge < -0.3 is 9.84 Å². The van der Waals surface area contributed by atoms with E-state index in [1.165, 1.54) is 37.6 Å². The molecule has 4 rings (SSSR count). The highest BCUT2D eigenvalue weighted by atomic mass is 32.2. The predicted octanol–water partition coefficient (Wildman–Crippen LogP) is 7.46. The van der Waals surface area contributed by atoms with Crippen LogP contribution in [0.3, 0.4) is 0 Å². The number of hydrogen-bond acceptors (Lipinski definition) is 4. The molecule has 0 aromatic heterocycles. The van der Waals surface area contributed by atoms with E-state index in [0.717, 1.165) is 25.0 Å². The minimum absolute atomic E-state index is 0.111. The van der Waals surface area contributed by atoms with E-state index < -0.39 is 38.1 Å². The molecule has 3 aromatic carbocycles. The Morgan fingerprint density at radius 2 is 1.64 bits per heavy atom. The van der Waals surface area contributed by atoms with Crippen molar-refractivity contribution in [3.63, 3.8) is 0 Å². The number of methoxy groups -OCH3 is 1. The van der Waals surface area contributed by atoms with Crippen molar-refractivity contribution in [1.29, 1.82) is 0 Å². The molecule has 0 radical (unpaired) electrons. The fourth-order valence-corrected chi connectivity index (χ4v) is 6.50. The summed E-state index contributed by atoms with van der Waals surface area (Å²) in [5.74, 6) is -2.73. The quantitative estimate of drug-likeness (QED) is 0.315. The number of hydrogen-bond donors (Lipinski definition) is 2. The molecule has 1 saturated carbocycles. The number of rotatable bonds is 7. The Kier molecular flexibility index (Phi) is 8.02. The Labute approximate surface area is 228 Å². The molecule has 0 bridgehead atoms. The number of carboxylic acids is 1. The van der Waals surface area contributed by atoms with Crippen LogP contribution in [0.15, 0.2) is 59.5 Å². The van der Waals surface area contributed by atoms with Crippen molar-refractivity contribution in [2.45, 2.75) is 57.3 Å². The summed E-state index contributed by atoms with van der Waals surface area (Å²) >= 11 is 0. The van der Waals surface area contributed by atoms with Crippen molar-refractivity contribution >= 4 is 21.7 Å². The average Bonchev–Trinajstić information content (AvgIpc) is 2.88. The van der Waals surface area contributed by atoms with Gasteiger partial charge in [-0.25, -0.2) is 22.0 Å². The van der Waals surface area contributed by atoms with E-state index in [2.05, 4.69) is 25.5 Å².